The van der Waals surface area contributed by atoms with Crippen LogP contribution >= 0.6 is 0 Å². The molecule has 0 aromatic heterocycles. The van der Waals surface area contributed by atoms with E-state index in [1.807, 2.05) is 6.08 Å². The Kier molecular flexibility index (Phi) is 5.81. The maximum Gasteiger partial charge on any atom is 0.151 e. The van der Waals surface area contributed by atoms with E-state index >= 15 is 0 Å². The van der Waals surface area contributed by atoms with Crippen LogP contribution in [0.3, 0.4) is 0 Å². The van der Waals surface area contributed by atoms with E-state index in [4.69, 9.17) is 0 Å². The molecule has 1 rings (SSSR count). The molecule has 0 saturated carbocycles. The second-order valence-corrected chi connectivity index (χ2v) is 11.3. The lowest BCUT2D eigenvalue weighted by molar-refractivity contribution is 0.514. The molecule has 0 saturated heterocycles. The minimum absolute atomic E-state index is 0.201. The predicted molar refractivity (Wildman–Crippen MR) is 89.7 cm³/mol. The molecule has 19 heavy (non-hydrogen) atoms. The smallest absolute Gasteiger partial charge is 0.151 e. The molecule has 0 fully saturated rings. The molecule has 1 aliphatic rings. The number of nitrogens with one attached hydrogen (secondary N) is 1. The lowest BCUT2D eigenvalue weighted by Crippen LogP contribution is -2.55. The minimum Gasteiger partial charge on any atom is -0.329 e. The Bertz CT molecular complexity index is 358. The van der Waals surface area contributed by atoms with Gasteiger partial charge in [-0.15, -0.1) is 6.58 Å². The maximum absolute atomic E-state index is 3.84. The molecule has 1 atom stereocenters. The third-order valence-corrected chi connectivity index (χ3v) is 6.67. The van der Waals surface area contributed by atoms with Gasteiger partial charge in [0.15, 0.2) is 8.24 Å². The van der Waals surface area contributed by atoms with Crippen LogP contribution in [0.25, 0.3) is 0 Å². The molecular weight excluding hydrogens is 246 g/mol. The maximum atomic E-state index is 3.84. The fraction of sp³-hybridized carbons (Fsp3) is 0.647. The van der Waals surface area contributed by atoms with Crippen LogP contribution in [0, 0.1) is 5.92 Å². The Morgan fingerprint density at radius 2 is 2.00 bits per heavy atom. The van der Waals surface area contributed by atoms with Crippen molar-refractivity contribution < 1.29 is 0 Å². The molecule has 0 bridgehead atoms. The first-order valence-electron chi connectivity index (χ1n) is 7.55. The van der Waals surface area contributed by atoms with Gasteiger partial charge < -0.3 is 4.98 Å². The van der Waals surface area contributed by atoms with Gasteiger partial charge in [0.1, 0.15) is 0 Å². The van der Waals surface area contributed by atoms with Crippen LogP contribution in [0.4, 0.5) is 0 Å². The highest BCUT2D eigenvalue weighted by Gasteiger charge is 2.31. The number of unbranched alkanes of at least 4 members (excludes halogenated alkanes) is 2. The van der Waals surface area contributed by atoms with Crippen molar-refractivity contribution in [3.8, 4) is 0 Å². The average molecular weight is 278 g/mol. The number of allylic oxidation sites excluding steroid dienone is 5. The van der Waals surface area contributed by atoms with E-state index in [9.17, 15) is 0 Å². The zero-order valence-electron chi connectivity index (χ0n) is 13.4. The van der Waals surface area contributed by atoms with Crippen molar-refractivity contribution in [2.45, 2.75) is 65.1 Å². The van der Waals surface area contributed by atoms with Crippen LogP contribution in [0.1, 0.15) is 46.5 Å². The van der Waals surface area contributed by atoms with Gasteiger partial charge in [0.05, 0.1) is 0 Å². The molecule has 1 aliphatic carbocycles. The molecule has 1 unspecified atom stereocenters. The van der Waals surface area contributed by atoms with Crippen LogP contribution in [0.2, 0.25) is 13.1 Å². The quantitative estimate of drug-likeness (QED) is 0.393. The van der Waals surface area contributed by atoms with Crippen molar-refractivity contribution in [3.05, 3.63) is 36.1 Å². The van der Waals surface area contributed by atoms with Crippen LogP contribution in [-0.4, -0.2) is 13.8 Å². The zero-order valence-corrected chi connectivity index (χ0v) is 14.4. The van der Waals surface area contributed by atoms with E-state index in [1.165, 1.54) is 19.3 Å². The van der Waals surface area contributed by atoms with Gasteiger partial charge >= 0.3 is 0 Å². The van der Waals surface area contributed by atoms with E-state index in [2.05, 4.69) is 63.7 Å². The van der Waals surface area contributed by atoms with Crippen molar-refractivity contribution in [2.24, 2.45) is 5.92 Å². The van der Waals surface area contributed by atoms with E-state index in [-0.39, 0.29) is 5.54 Å². The van der Waals surface area contributed by atoms with E-state index in [0.717, 1.165) is 6.42 Å². The SMILES string of the molecule is C=CCCCCC1C=CC([Si](C)(C)NC(C)(C)C)=C1. The molecule has 108 valence electrons. The molecule has 1 N–H and O–H groups in total. The van der Waals surface area contributed by atoms with Gasteiger partial charge in [0.2, 0.25) is 0 Å². The van der Waals surface area contributed by atoms with E-state index in [1.54, 1.807) is 5.20 Å². The Hall–Kier alpha value is -0.603. The second kappa shape index (κ2) is 6.71. The molecular formula is C17H31NSi. The summed E-state index contributed by atoms with van der Waals surface area (Å²) in [5.41, 5.74) is 0.201. The Morgan fingerprint density at radius 1 is 1.32 bits per heavy atom. The van der Waals surface area contributed by atoms with Gasteiger partial charge in [0, 0.05) is 5.54 Å². The zero-order chi connectivity index (χ0) is 14.5. The van der Waals surface area contributed by atoms with Crippen LogP contribution < -0.4 is 4.98 Å². The summed E-state index contributed by atoms with van der Waals surface area (Å²) in [7, 11) is -1.49. The summed E-state index contributed by atoms with van der Waals surface area (Å²) >= 11 is 0. The Labute approximate surface area is 121 Å². The summed E-state index contributed by atoms with van der Waals surface area (Å²) in [5, 5.41) is 1.57. The van der Waals surface area contributed by atoms with Crippen LogP contribution in [0.5, 0.6) is 0 Å². The lowest BCUT2D eigenvalue weighted by Gasteiger charge is -2.33. The summed E-state index contributed by atoms with van der Waals surface area (Å²) in [6, 6.07) is 0. The van der Waals surface area contributed by atoms with Crippen molar-refractivity contribution in [1.29, 1.82) is 0 Å². The number of rotatable bonds is 7. The highest BCUT2D eigenvalue weighted by molar-refractivity contribution is 6.82. The van der Waals surface area contributed by atoms with Crippen molar-refractivity contribution in [2.75, 3.05) is 0 Å². The van der Waals surface area contributed by atoms with Crippen LogP contribution in [-0.2, 0) is 0 Å². The van der Waals surface area contributed by atoms with Crippen molar-refractivity contribution in [3.63, 3.8) is 0 Å². The molecule has 0 radical (unpaired) electrons. The van der Waals surface area contributed by atoms with Gasteiger partial charge in [0.25, 0.3) is 0 Å². The molecule has 0 aromatic rings. The van der Waals surface area contributed by atoms with Crippen molar-refractivity contribution >= 4 is 8.24 Å². The molecule has 0 amide bonds. The first kappa shape index (κ1) is 16.5. The first-order chi connectivity index (χ1) is 8.74. The normalized spacial score (nSPS) is 19.6. The number of hydrogen-bond donors (Lipinski definition) is 1. The van der Waals surface area contributed by atoms with Crippen LogP contribution in [0.15, 0.2) is 36.1 Å². The summed E-state index contributed by atoms with van der Waals surface area (Å²) in [6.45, 7) is 15.4. The molecule has 1 nitrogen and oxygen atoms in total. The fourth-order valence-electron chi connectivity index (χ4n) is 2.84. The topological polar surface area (TPSA) is 12.0 Å². The highest BCUT2D eigenvalue weighted by Crippen LogP contribution is 2.27. The minimum atomic E-state index is -1.49. The van der Waals surface area contributed by atoms with Gasteiger partial charge in [-0.3, -0.25) is 0 Å². The van der Waals surface area contributed by atoms with Gasteiger partial charge in [-0.2, -0.15) is 0 Å². The molecule has 0 heterocycles. The second-order valence-electron chi connectivity index (χ2n) is 7.22. The first-order valence-corrected chi connectivity index (χ1v) is 10.6. The number of hydrogen-bond acceptors (Lipinski definition) is 1. The predicted octanol–water partition coefficient (Wildman–Crippen LogP) is 4.98. The Balaban J connectivity index is 2.52. The lowest BCUT2D eigenvalue weighted by atomic mass is 10.0. The monoisotopic (exact) mass is 277 g/mol. The largest absolute Gasteiger partial charge is 0.329 e. The third-order valence-electron chi connectivity index (χ3n) is 3.52. The Morgan fingerprint density at radius 3 is 2.58 bits per heavy atom. The molecule has 2 heteroatoms. The van der Waals surface area contributed by atoms with Crippen molar-refractivity contribution in [1.82, 2.24) is 4.98 Å². The average Bonchev–Trinajstić information content (AvgIpc) is 2.70. The van der Waals surface area contributed by atoms with Gasteiger partial charge in [-0.25, -0.2) is 0 Å². The summed E-state index contributed by atoms with van der Waals surface area (Å²) in [6.07, 6.45) is 14.3. The van der Waals surface area contributed by atoms with E-state index in [0.29, 0.717) is 5.92 Å². The molecule has 0 spiro atoms. The third kappa shape index (κ3) is 5.92. The highest BCUT2D eigenvalue weighted by atomic mass is 28.3. The van der Waals surface area contributed by atoms with Gasteiger partial charge in [-0.05, 0) is 51.1 Å². The standard InChI is InChI=1S/C17H31NSi/c1-7-8-9-10-11-15-12-13-16(14-15)19(5,6)18-17(2,3)4/h7,12-15,18H,1,8-11H2,2-6H3. The summed E-state index contributed by atoms with van der Waals surface area (Å²) in [4.78, 5) is 3.84. The fourth-order valence-corrected chi connectivity index (χ4v) is 6.01. The summed E-state index contributed by atoms with van der Waals surface area (Å²) < 4.78 is 0. The van der Waals surface area contributed by atoms with Gasteiger partial charge in [-0.1, -0.05) is 43.8 Å². The molecule has 0 aromatic carbocycles. The summed E-state index contributed by atoms with van der Waals surface area (Å²) in [5.74, 6) is 0.661. The van der Waals surface area contributed by atoms with E-state index < -0.39 is 8.24 Å². The molecule has 0 aliphatic heterocycles.